The normalized spacial score (nSPS) is 18.7. The van der Waals surface area contributed by atoms with Crippen LogP contribution in [0.3, 0.4) is 0 Å². The number of benzene rings is 2. The number of carbonyl (C=O) groups is 1. The molecule has 2 aromatic heterocycles. The first-order valence-corrected chi connectivity index (χ1v) is 15.4. The number of aromatic amines is 1. The molecule has 3 aliphatic rings. The highest BCUT2D eigenvalue weighted by Gasteiger charge is 2.29. The summed E-state index contributed by atoms with van der Waals surface area (Å²) in [6.07, 6.45) is 3.42. The molecule has 4 aromatic rings. The number of ether oxygens (including phenoxy) is 1. The van der Waals surface area contributed by atoms with E-state index in [9.17, 15) is 9.90 Å². The lowest BCUT2D eigenvalue weighted by Crippen LogP contribution is -2.44. The summed E-state index contributed by atoms with van der Waals surface area (Å²) < 4.78 is 11.4. The van der Waals surface area contributed by atoms with Crippen LogP contribution in [0.4, 0.5) is 5.69 Å². The number of rotatable bonds is 8. The number of hydrogen-bond acceptors (Lipinski definition) is 9. The van der Waals surface area contributed by atoms with Gasteiger partial charge in [0.05, 0.1) is 35.6 Å². The van der Waals surface area contributed by atoms with Gasteiger partial charge in [-0.15, -0.1) is 0 Å². The molecule has 3 fully saturated rings. The van der Waals surface area contributed by atoms with Crippen molar-refractivity contribution < 1.29 is 19.2 Å². The molecule has 7 rings (SSSR count). The van der Waals surface area contributed by atoms with Crippen molar-refractivity contribution >= 4 is 22.5 Å². The van der Waals surface area contributed by atoms with Crippen molar-refractivity contribution in [2.75, 3.05) is 77.5 Å². The summed E-state index contributed by atoms with van der Waals surface area (Å²) in [5.41, 5.74) is 5.00. The summed E-state index contributed by atoms with van der Waals surface area (Å²) >= 11 is 0. The SMILES string of the molecule is CN1CCN(c2ccc(-c3c(C(=O)NCCN4CCOCC4)noc3-c3cc4c(C5CCC5)n[nH]c4cc3O)cc2)CC1. The number of fused-ring (bicyclic) bond motifs is 1. The first-order valence-electron chi connectivity index (χ1n) is 15.4. The number of morpholine rings is 1. The highest BCUT2D eigenvalue weighted by molar-refractivity contribution is 6.03. The number of piperazine rings is 1. The molecule has 226 valence electrons. The van der Waals surface area contributed by atoms with E-state index in [-0.39, 0.29) is 17.4 Å². The molecule has 11 nitrogen and oxygen atoms in total. The monoisotopic (exact) mass is 585 g/mol. The van der Waals surface area contributed by atoms with E-state index in [0.717, 1.165) is 86.5 Å². The largest absolute Gasteiger partial charge is 0.507 e. The summed E-state index contributed by atoms with van der Waals surface area (Å²) in [5, 5.41) is 27.1. The predicted octanol–water partition coefficient (Wildman–Crippen LogP) is 3.67. The van der Waals surface area contributed by atoms with Gasteiger partial charge in [-0.25, -0.2) is 0 Å². The Kier molecular flexibility index (Phi) is 7.77. The maximum atomic E-state index is 13.5. The third-order valence-corrected chi connectivity index (χ3v) is 9.19. The molecule has 3 N–H and O–H groups in total. The van der Waals surface area contributed by atoms with Gasteiger partial charge in [0.1, 0.15) is 5.75 Å². The van der Waals surface area contributed by atoms with E-state index in [2.05, 4.69) is 54.6 Å². The zero-order valence-corrected chi connectivity index (χ0v) is 24.6. The third kappa shape index (κ3) is 5.60. The molecule has 1 amide bonds. The van der Waals surface area contributed by atoms with Crippen LogP contribution in [0.2, 0.25) is 0 Å². The number of phenolic OH excluding ortho intramolecular Hbond substituents is 1. The number of carbonyl (C=O) groups excluding carboxylic acids is 1. The number of nitrogens with zero attached hydrogens (tertiary/aromatic N) is 5. The summed E-state index contributed by atoms with van der Waals surface area (Å²) in [4.78, 5) is 20.5. The Morgan fingerprint density at radius 2 is 1.84 bits per heavy atom. The molecule has 0 spiro atoms. The van der Waals surface area contributed by atoms with E-state index in [1.54, 1.807) is 6.07 Å². The standard InChI is InChI=1S/C32H39N7O4/c1-37-11-13-39(14-12-37)23-7-5-21(6-8-23)28-30(32(41)33-9-10-38-15-17-42-18-16-38)36-43-31(28)25-19-24-26(20-27(25)40)34-35-29(24)22-3-2-4-22/h5-8,19-20,22,40H,2-4,9-18H2,1H3,(H,33,41)(H,34,35). The van der Waals surface area contributed by atoms with Gasteiger partial charge in [0.15, 0.2) is 11.5 Å². The van der Waals surface area contributed by atoms with Gasteiger partial charge in [0.25, 0.3) is 5.91 Å². The number of anilines is 1. The van der Waals surface area contributed by atoms with Crippen molar-refractivity contribution in [3.63, 3.8) is 0 Å². The van der Waals surface area contributed by atoms with E-state index in [0.29, 0.717) is 42.6 Å². The molecule has 0 unspecified atom stereocenters. The fraction of sp³-hybridized carbons (Fsp3) is 0.469. The second kappa shape index (κ2) is 12.0. The average molecular weight is 586 g/mol. The van der Waals surface area contributed by atoms with Crippen molar-refractivity contribution in [1.82, 2.24) is 30.5 Å². The molecule has 4 heterocycles. The Bertz CT molecular complexity index is 1580. The zero-order chi connectivity index (χ0) is 29.3. The zero-order valence-electron chi connectivity index (χ0n) is 24.6. The molecule has 0 atom stereocenters. The maximum Gasteiger partial charge on any atom is 0.274 e. The molecule has 2 aliphatic heterocycles. The van der Waals surface area contributed by atoms with Crippen molar-refractivity contribution in [3.05, 3.63) is 47.8 Å². The van der Waals surface area contributed by atoms with Gasteiger partial charge in [-0.2, -0.15) is 5.10 Å². The maximum absolute atomic E-state index is 13.5. The Labute approximate surface area is 250 Å². The molecule has 11 heteroatoms. The molecular weight excluding hydrogens is 546 g/mol. The van der Waals surface area contributed by atoms with Gasteiger partial charge in [0, 0.05) is 75.4 Å². The van der Waals surface area contributed by atoms with Gasteiger partial charge in [-0.05, 0) is 43.7 Å². The number of aromatic nitrogens is 3. The molecule has 0 radical (unpaired) electrons. The van der Waals surface area contributed by atoms with Crippen LogP contribution in [0.15, 0.2) is 40.9 Å². The van der Waals surface area contributed by atoms with E-state index < -0.39 is 0 Å². The van der Waals surface area contributed by atoms with Crippen LogP contribution >= 0.6 is 0 Å². The quantitative estimate of drug-likeness (QED) is 0.284. The van der Waals surface area contributed by atoms with Crippen LogP contribution in [-0.4, -0.2) is 109 Å². The predicted molar refractivity (Wildman–Crippen MR) is 165 cm³/mol. The van der Waals surface area contributed by atoms with E-state index in [1.807, 2.05) is 18.2 Å². The average Bonchev–Trinajstić information content (AvgIpc) is 3.61. The molecule has 2 aromatic carbocycles. The molecular formula is C32H39N7O4. The molecule has 1 saturated carbocycles. The molecule has 0 bridgehead atoms. The van der Waals surface area contributed by atoms with Gasteiger partial charge in [0.2, 0.25) is 0 Å². The Morgan fingerprint density at radius 1 is 1.07 bits per heavy atom. The highest BCUT2D eigenvalue weighted by Crippen LogP contribution is 2.44. The number of H-pyrrole nitrogens is 1. The van der Waals surface area contributed by atoms with Crippen LogP contribution in [0.1, 0.15) is 41.4 Å². The van der Waals surface area contributed by atoms with E-state index in [1.165, 1.54) is 6.42 Å². The number of amides is 1. The first kappa shape index (κ1) is 27.9. The third-order valence-electron chi connectivity index (χ3n) is 9.19. The van der Waals surface area contributed by atoms with Crippen LogP contribution in [0, 0.1) is 0 Å². The molecule has 1 aliphatic carbocycles. The number of hydrogen-bond donors (Lipinski definition) is 3. The molecule has 2 saturated heterocycles. The summed E-state index contributed by atoms with van der Waals surface area (Å²) in [5.74, 6) is 0.517. The second-order valence-corrected chi connectivity index (χ2v) is 11.9. The topological polar surface area (TPSA) is 123 Å². The Hall–Kier alpha value is -3.93. The van der Waals surface area contributed by atoms with Crippen LogP contribution in [0.5, 0.6) is 5.75 Å². The van der Waals surface area contributed by atoms with Gasteiger partial charge >= 0.3 is 0 Å². The van der Waals surface area contributed by atoms with Crippen LogP contribution in [-0.2, 0) is 4.74 Å². The fourth-order valence-corrected chi connectivity index (χ4v) is 6.28. The second-order valence-electron chi connectivity index (χ2n) is 11.9. The minimum Gasteiger partial charge on any atom is -0.507 e. The lowest BCUT2D eigenvalue weighted by molar-refractivity contribution is 0.0383. The smallest absolute Gasteiger partial charge is 0.274 e. The number of likely N-dealkylation sites (N-methyl/N-ethyl adjacent to an activating group) is 1. The lowest BCUT2D eigenvalue weighted by Gasteiger charge is -2.34. The van der Waals surface area contributed by atoms with Crippen molar-refractivity contribution in [2.45, 2.75) is 25.2 Å². The van der Waals surface area contributed by atoms with Crippen molar-refractivity contribution in [1.29, 1.82) is 0 Å². The van der Waals surface area contributed by atoms with Crippen molar-refractivity contribution in [3.8, 4) is 28.2 Å². The lowest BCUT2D eigenvalue weighted by atomic mass is 9.81. The van der Waals surface area contributed by atoms with Crippen LogP contribution < -0.4 is 10.2 Å². The highest BCUT2D eigenvalue weighted by atomic mass is 16.5. The number of nitrogens with one attached hydrogen (secondary N) is 2. The van der Waals surface area contributed by atoms with E-state index in [4.69, 9.17) is 9.26 Å². The summed E-state index contributed by atoms with van der Waals surface area (Å²) in [7, 11) is 2.15. The number of aromatic hydroxyl groups is 1. The summed E-state index contributed by atoms with van der Waals surface area (Å²) in [6, 6.07) is 11.8. The molecule has 43 heavy (non-hydrogen) atoms. The Morgan fingerprint density at radius 3 is 2.56 bits per heavy atom. The van der Waals surface area contributed by atoms with Gasteiger partial charge in [-0.3, -0.25) is 14.8 Å². The van der Waals surface area contributed by atoms with Crippen molar-refractivity contribution in [2.24, 2.45) is 0 Å². The van der Waals surface area contributed by atoms with Gasteiger partial charge < -0.3 is 29.5 Å². The number of phenols is 1. The Balaban J connectivity index is 1.23. The minimum atomic E-state index is -0.305. The van der Waals surface area contributed by atoms with Gasteiger partial charge in [-0.1, -0.05) is 23.7 Å². The fourth-order valence-electron chi connectivity index (χ4n) is 6.28. The minimum absolute atomic E-state index is 0.0436. The van der Waals surface area contributed by atoms with E-state index >= 15 is 0 Å². The van der Waals surface area contributed by atoms with Crippen LogP contribution in [0.25, 0.3) is 33.4 Å². The first-order chi connectivity index (χ1) is 21.0. The summed E-state index contributed by atoms with van der Waals surface area (Å²) in [6.45, 7) is 8.32.